The van der Waals surface area contributed by atoms with E-state index in [1.54, 1.807) is 24.3 Å². The molecule has 0 aromatic heterocycles. The van der Waals surface area contributed by atoms with E-state index in [2.05, 4.69) is 24.3 Å². The molecule has 0 bridgehead atoms. The fourth-order valence-corrected chi connectivity index (χ4v) is 3.43. The fourth-order valence-electron chi connectivity index (χ4n) is 3.43. The number of benzene rings is 3. The molecule has 1 aliphatic carbocycles. The van der Waals surface area contributed by atoms with Gasteiger partial charge in [0.15, 0.2) is 0 Å². The number of fused-ring (bicyclic) bond motifs is 1. The van der Waals surface area contributed by atoms with Crippen LogP contribution in [0.25, 0.3) is 5.57 Å². The zero-order valence-corrected chi connectivity index (χ0v) is 13.2. The third-order valence-corrected chi connectivity index (χ3v) is 4.59. The molecule has 24 heavy (non-hydrogen) atoms. The lowest BCUT2D eigenvalue weighted by atomic mass is 9.91. The largest absolute Gasteiger partial charge is 0.508 e. The summed E-state index contributed by atoms with van der Waals surface area (Å²) in [6.45, 7) is 0. The zero-order chi connectivity index (χ0) is 16.5. The van der Waals surface area contributed by atoms with Crippen LogP contribution in [0.15, 0.2) is 78.4 Å². The van der Waals surface area contributed by atoms with E-state index < -0.39 is 0 Å². The van der Waals surface area contributed by atoms with Gasteiger partial charge in [-0.2, -0.15) is 0 Å². The van der Waals surface area contributed by atoms with E-state index in [0.29, 0.717) is 0 Å². The first-order valence-electron chi connectivity index (χ1n) is 8.08. The van der Waals surface area contributed by atoms with Gasteiger partial charge in [0, 0.05) is 0 Å². The lowest BCUT2D eigenvalue weighted by Gasteiger charge is -2.13. The maximum absolute atomic E-state index is 9.60. The van der Waals surface area contributed by atoms with E-state index in [9.17, 15) is 10.2 Å². The smallest absolute Gasteiger partial charge is 0.115 e. The molecular weight excluding hydrogens is 296 g/mol. The maximum atomic E-state index is 9.60. The lowest BCUT2D eigenvalue weighted by molar-refractivity contribution is 0.475. The first kappa shape index (κ1) is 14.6. The molecule has 3 aromatic carbocycles. The topological polar surface area (TPSA) is 40.5 Å². The van der Waals surface area contributed by atoms with Gasteiger partial charge in [0.2, 0.25) is 0 Å². The van der Waals surface area contributed by atoms with Gasteiger partial charge in [-0.25, -0.2) is 0 Å². The Balaban J connectivity index is 1.87. The van der Waals surface area contributed by atoms with Crippen LogP contribution in [0.2, 0.25) is 0 Å². The standard InChI is InChI=1S/C22H18O2/c23-20-9-5-15(6-10-20)22(16-7-11-21(24)12-8-16)19-13-17-3-1-2-4-18(17)14-19/h1-12,23-24H,13-14H2. The fraction of sp³-hybridized carbons (Fsp3) is 0.0909. The highest BCUT2D eigenvalue weighted by Crippen LogP contribution is 2.36. The molecule has 0 radical (unpaired) electrons. The minimum absolute atomic E-state index is 0.267. The molecule has 0 saturated heterocycles. The van der Waals surface area contributed by atoms with Gasteiger partial charge in [-0.1, -0.05) is 54.1 Å². The van der Waals surface area contributed by atoms with Crippen molar-refractivity contribution in [2.75, 3.05) is 0 Å². The van der Waals surface area contributed by atoms with Crippen molar-refractivity contribution in [2.45, 2.75) is 12.8 Å². The summed E-state index contributed by atoms with van der Waals surface area (Å²) in [4.78, 5) is 0. The Morgan fingerprint density at radius 1 is 0.583 bits per heavy atom. The summed E-state index contributed by atoms with van der Waals surface area (Å²) in [7, 11) is 0. The first-order chi connectivity index (χ1) is 11.7. The lowest BCUT2D eigenvalue weighted by Crippen LogP contribution is -1.95. The Kier molecular flexibility index (Phi) is 3.58. The Morgan fingerprint density at radius 3 is 1.42 bits per heavy atom. The van der Waals surface area contributed by atoms with Crippen LogP contribution < -0.4 is 0 Å². The van der Waals surface area contributed by atoms with Crippen molar-refractivity contribution < 1.29 is 10.2 Å². The summed E-state index contributed by atoms with van der Waals surface area (Å²) >= 11 is 0. The van der Waals surface area contributed by atoms with E-state index in [4.69, 9.17) is 0 Å². The molecule has 0 amide bonds. The van der Waals surface area contributed by atoms with Crippen molar-refractivity contribution in [1.29, 1.82) is 0 Å². The number of rotatable bonds is 2. The number of allylic oxidation sites excluding steroid dienone is 1. The van der Waals surface area contributed by atoms with E-state index >= 15 is 0 Å². The van der Waals surface area contributed by atoms with Gasteiger partial charge in [0.1, 0.15) is 11.5 Å². The van der Waals surface area contributed by atoms with E-state index in [-0.39, 0.29) is 11.5 Å². The average Bonchev–Trinajstić information content (AvgIpc) is 3.02. The van der Waals surface area contributed by atoms with Crippen molar-refractivity contribution in [3.05, 3.63) is 101 Å². The Hall–Kier alpha value is -3.00. The third-order valence-electron chi connectivity index (χ3n) is 4.59. The summed E-state index contributed by atoms with van der Waals surface area (Å²) in [5, 5.41) is 19.2. The van der Waals surface area contributed by atoms with Crippen LogP contribution in [-0.2, 0) is 12.8 Å². The maximum Gasteiger partial charge on any atom is 0.115 e. The second kappa shape index (κ2) is 5.89. The van der Waals surface area contributed by atoms with Crippen LogP contribution >= 0.6 is 0 Å². The van der Waals surface area contributed by atoms with E-state index in [0.717, 1.165) is 24.0 Å². The minimum Gasteiger partial charge on any atom is -0.508 e. The summed E-state index contributed by atoms with van der Waals surface area (Å²) in [5.74, 6) is 0.534. The van der Waals surface area contributed by atoms with Crippen LogP contribution in [0.4, 0.5) is 0 Å². The molecule has 0 spiro atoms. The molecule has 118 valence electrons. The predicted molar refractivity (Wildman–Crippen MR) is 96.1 cm³/mol. The zero-order valence-electron chi connectivity index (χ0n) is 13.2. The first-order valence-corrected chi connectivity index (χ1v) is 8.08. The van der Waals surface area contributed by atoms with Crippen molar-refractivity contribution in [3.8, 4) is 11.5 Å². The molecular formula is C22H18O2. The van der Waals surface area contributed by atoms with E-state index in [1.165, 1.54) is 22.3 Å². The summed E-state index contributed by atoms with van der Waals surface area (Å²) in [6.07, 6.45) is 1.88. The highest BCUT2D eigenvalue weighted by Gasteiger charge is 2.20. The number of phenolic OH excluding ortho intramolecular Hbond substituents is 2. The van der Waals surface area contributed by atoms with Gasteiger partial charge in [-0.3, -0.25) is 0 Å². The highest BCUT2D eigenvalue weighted by molar-refractivity contribution is 5.83. The number of hydrogen-bond donors (Lipinski definition) is 2. The average molecular weight is 314 g/mol. The molecule has 0 aliphatic heterocycles. The Bertz CT molecular complexity index is 829. The van der Waals surface area contributed by atoms with Gasteiger partial charge >= 0.3 is 0 Å². The molecule has 4 rings (SSSR count). The van der Waals surface area contributed by atoms with Crippen LogP contribution in [0.1, 0.15) is 22.3 Å². The van der Waals surface area contributed by atoms with Crippen molar-refractivity contribution in [2.24, 2.45) is 0 Å². The summed E-state index contributed by atoms with van der Waals surface area (Å²) in [6, 6.07) is 23.2. The third kappa shape index (κ3) is 2.67. The summed E-state index contributed by atoms with van der Waals surface area (Å²) < 4.78 is 0. The van der Waals surface area contributed by atoms with Gasteiger partial charge in [-0.05, 0) is 64.9 Å². The van der Waals surface area contributed by atoms with Crippen molar-refractivity contribution >= 4 is 5.57 Å². The molecule has 0 fully saturated rings. The molecule has 0 unspecified atom stereocenters. The number of phenols is 2. The van der Waals surface area contributed by atoms with Gasteiger partial charge in [0.05, 0.1) is 0 Å². The molecule has 0 saturated carbocycles. The van der Waals surface area contributed by atoms with Crippen LogP contribution in [0.5, 0.6) is 11.5 Å². The second-order valence-electron chi connectivity index (χ2n) is 6.19. The number of hydrogen-bond acceptors (Lipinski definition) is 2. The number of aromatic hydroxyl groups is 2. The molecule has 2 nitrogen and oxygen atoms in total. The minimum atomic E-state index is 0.267. The van der Waals surface area contributed by atoms with Crippen LogP contribution in [-0.4, -0.2) is 10.2 Å². The monoisotopic (exact) mass is 314 g/mol. The Labute approximate surface area is 141 Å². The Morgan fingerprint density at radius 2 is 1.00 bits per heavy atom. The predicted octanol–water partition coefficient (Wildman–Crippen LogP) is 4.70. The van der Waals surface area contributed by atoms with E-state index in [1.807, 2.05) is 24.3 Å². The molecule has 1 aliphatic rings. The van der Waals surface area contributed by atoms with Crippen molar-refractivity contribution in [1.82, 2.24) is 0 Å². The van der Waals surface area contributed by atoms with Crippen molar-refractivity contribution in [3.63, 3.8) is 0 Å². The molecule has 2 heteroatoms. The second-order valence-corrected chi connectivity index (χ2v) is 6.19. The highest BCUT2D eigenvalue weighted by atomic mass is 16.3. The van der Waals surface area contributed by atoms with Gasteiger partial charge in [0.25, 0.3) is 0 Å². The normalized spacial score (nSPS) is 12.9. The van der Waals surface area contributed by atoms with Gasteiger partial charge in [-0.15, -0.1) is 0 Å². The molecule has 2 N–H and O–H groups in total. The van der Waals surface area contributed by atoms with Gasteiger partial charge < -0.3 is 10.2 Å². The quantitative estimate of drug-likeness (QED) is 0.720. The van der Waals surface area contributed by atoms with Crippen LogP contribution in [0.3, 0.4) is 0 Å². The SMILES string of the molecule is Oc1ccc(C(=C2Cc3ccccc3C2)c2ccc(O)cc2)cc1. The molecule has 0 heterocycles. The molecule has 3 aromatic rings. The summed E-state index contributed by atoms with van der Waals surface area (Å²) in [5.41, 5.74) is 7.48. The molecule has 0 atom stereocenters. The van der Waals surface area contributed by atoms with Crippen LogP contribution in [0, 0.1) is 0 Å².